The third-order valence-electron chi connectivity index (χ3n) is 4.02. The summed E-state index contributed by atoms with van der Waals surface area (Å²) in [5.41, 5.74) is 3.77. The van der Waals surface area contributed by atoms with Crippen LogP contribution in [0.1, 0.15) is 27.0 Å². The monoisotopic (exact) mass is 382 g/mol. The van der Waals surface area contributed by atoms with E-state index < -0.39 is 18.4 Å². The highest BCUT2D eigenvalue weighted by Crippen LogP contribution is 2.22. The highest BCUT2D eigenvalue weighted by molar-refractivity contribution is 6.02. The van der Waals surface area contributed by atoms with Gasteiger partial charge in [0.1, 0.15) is 12.3 Å². The molecule has 0 bridgehead atoms. The Hall–Kier alpha value is -3.61. The van der Waals surface area contributed by atoms with Crippen LogP contribution in [0.25, 0.3) is 6.08 Å². The molecule has 0 spiro atoms. The van der Waals surface area contributed by atoms with Gasteiger partial charge in [0, 0.05) is 17.3 Å². The zero-order valence-corrected chi connectivity index (χ0v) is 15.9. The first-order valence-corrected chi connectivity index (χ1v) is 8.54. The predicted octanol–water partition coefficient (Wildman–Crippen LogP) is 2.78. The van der Waals surface area contributed by atoms with Crippen molar-refractivity contribution in [3.8, 4) is 5.75 Å². The molecule has 0 unspecified atom stereocenters. The summed E-state index contributed by atoms with van der Waals surface area (Å²) in [6.07, 6.45) is 3.18. The van der Waals surface area contributed by atoms with Gasteiger partial charge in [0.2, 0.25) is 5.91 Å². The maximum atomic E-state index is 12.2. The fraction of sp³-hybridized carbons (Fsp3) is 0.190. The van der Waals surface area contributed by atoms with Gasteiger partial charge in [0.15, 0.2) is 0 Å². The molecule has 7 nitrogen and oxygen atoms in total. The standard InChI is InChI=1S/C21H22N2O5/c1-13-10-17(28-3)11-14(2)18(13)8-9-19(24)23-16-6-4-15(5-7-16)21(27)22-12-20(25)26/h4-11H,12H2,1-3H3,(H,22,27)(H,23,24)(H,25,26)/b9-8+. The lowest BCUT2D eigenvalue weighted by Gasteiger charge is -2.09. The molecule has 2 rings (SSSR count). The van der Waals surface area contributed by atoms with E-state index in [4.69, 9.17) is 9.84 Å². The second-order valence-electron chi connectivity index (χ2n) is 6.15. The van der Waals surface area contributed by atoms with Crippen LogP contribution in [0.4, 0.5) is 5.69 Å². The van der Waals surface area contributed by atoms with Crippen LogP contribution in [-0.4, -0.2) is 36.5 Å². The molecule has 0 aromatic heterocycles. The number of hydrogen-bond acceptors (Lipinski definition) is 4. The molecule has 2 amide bonds. The number of anilines is 1. The fourth-order valence-electron chi connectivity index (χ4n) is 2.62. The summed E-state index contributed by atoms with van der Waals surface area (Å²) < 4.78 is 5.23. The Bertz CT molecular complexity index is 894. The van der Waals surface area contributed by atoms with Gasteiger partial charge >= 0.3 is 5.97 Å². The number of methoxy groups -OCH3 is 1. The number of hydrogen-bond donors (Lipinski definition) is 3. The number of aliphatic carboxylic acids is 1. The maximum absolute atomic E-state index is 12.2. The van der Waals surface area contributed by atoms with E-state index in [9.17, 15) is 14.4 Å². The van der Waals surface area contributed by atoms with Crippen molar-refractivity contribution in [1.82, 2.24) is 5.32 Å². The van der Waals surface area contributed by atoms with Gasteiger partial charge < -0.3 is 20.5 Å². The number of aryl methyl sites for hydroxylation is 2. The van der Waals surface area contributed by atoms with E-state index in [0.29, 0.717) is 11.3 Å². The summed E-state index contributed by atoms with van der Waals surface area (Å²) >= 11 is 0. The Kier molecular flexibility index (Phi) is 6.92. The molecule has 28 heavy (non-hydrogen) atoms. The van der Waals surface area contributed by atoms with Crippen LogP contribution in [0.5, 0.6) is 5.75 Å². The number of carbonyl (C=O) groups is 3. The summed E-state index contributed by atoms with van der Waals surface area (Å²) in [5.74, 6) is -1.15. The van der Waals surface area contributed by atoms with Gasteiger partial charge in [-0.2, -0.15) is 0 Å². The van der Waals surface area contributed by atoms with Gasteiger partial charge in [-0.1, -0.05) is 0 Å². The van der Waals surface area contributed by atoms with Crippen LogP contribution in [0.3, 0.4) is 0 Å². The molecule has 0 fully saturated rings. The smallest absolute Gasteiger partial charge is 0.322 e. The van der Waals surface area contributed by atoms with Crippen molar-refractivity contribution >= 4 is 29.5 Å². The summed E-state index contributed by atoms with van der Waals surface area (Å²) in [7, 11) is 1.61. The van der Waals surface area contributed by atoms with Gasteiger partial charge in [0.25, 0.3) is 5.91 Å². The molecule has 2 aromatic rings. The first-order chi connectivity index (χ1) is 13.3. The molecular weight excluding hydrogens is 360 g/mol. The van der Waals surface area contributed by atoms with E-state index in [2.05, 4.69) is 10.6 Å². The molecule has 0 saturated heterocycles. The molecule has 7 heteroatoms. The number of carbonyl (C=O) groups excluding carboxylic acids is 2. The van der Waals surface area contributed by atoms with Crippen molar-refractivity contribution in [1.29, 1.82) is 0 Å². The lowest BCUT2D eigenvalue weighted by Crippen LogP contribution is -2.29. The normalized spacial score (nSPS) is 10.5. The number of rotatable bonds is 7. The van der Waals surface area contributed by atoms with Crippen LogP contribution in [0.2, 0.25) is 0 Å². The third-order valence-corrected chi connectivity index (χ3v) is 4.02. The number of benzene rings is 2. The highest BCUT2D eigenvalue weighted by Gasteiger charge is 2.08. The van der Waals surface area contributed by atoms with E-state index in [1.807, 2.05) is 26.0 Å². The van der Waals surface area contributed by atoms with Crippen molar-refractivity contribution in [3.63, 3.8) is 0 Å². The molecule has 0 saturated carbocycles. The van der Waals surface area contributed by atoms with Crippen molar-refractivity contribution in [2.45, 2.75) is 13.8 Å². The van der Waals surface area contributed by atoms with Crippen molar-refractivity contribution < 1.29 is 24.2 Å². The molecule has 2 aromatic carbocycles. The number of nitrogens with one attached hydrogen (secondary N) is 2. The van der Waals surface area contributed by atoms with Crippen LogP contribution in [-0.2, 0) is 9.59 Å². The summed E-state index contributed by atoms with van der Waals surface area (Å²) in [5, 5.41) is 13.6. The lowest BCUT2D eigenvalue weighted by molar-refractivity contribution is -0.135. The minimum atomic E-state index is -1.12. The minimum absolute atomic E-state index is 0.305. The van der Waals surface area contributed by atoms with Crippen molar-refractivity contribution in [2.75, 3.05) is 19.0 Å². The zero-order chi connectivity index (χ0) is 20.7. The number of amides is 2. The average molecular weight is 382 g/mol. The average Bonchev–Trinajstić information content (AvgIpc) is 2.65. The largest absolute Gasteiger partial charge is 0.497 e. The lowest BCUT2D eigenvalue weighted by atomic mass is 10.0. The van der Waals surface area contributed by atoms with E-state index in [1.54, 1.807) is 25.3 Å². The molecule has 3 N–H and O–H groups in total. The third kappa shape index (κ3) is 5.70. The quantitative estimate of drug-likeness (QED) is 0.639. The Labute approximate surface area is 163 Å². The van der Waals surface area contributed by atoms with E-state index in [-0.39, 0.29) is 5.91 Å². The van der Waals surface area contributed by atoms with Crippen LogP contribution in [0, 0.1) is 13.8 Å². The van der Waals surface area contributed by atoms with Crippen molar-refractivity contribution in [3.05, 3.63) is 64.7 Å². The molecule has 0 atom stereocenters. The summed E-state index contributed by atoms with van der Waals surface area (Å²) in [6.45, 7) is 3.44. The van der Waals surface area contributed by atoms with Crippen molar-refractivity contribution in [2.24, 2.45) is 0 Å². The molecule has 146 valence electrons. The number of carboxylic acid groups (broad SMARTS) is 1. The molecule has 0 heterocycles. The van der Waals surface area contributed by atoms with E-state index in [1.165, 1.54) is 18.2 Å². The number of carboxylic acids is 1. The Morgan fingerprint density at radius 2 is 1.68 bits per heavy atom. The first-order valence-electron chi connectivity index (χ1n) is 8.54. The minimum Gasteiger partial charge on any atom is -0.497 e. The van der Waals surface area contributed by atoms with Crippen LogP contribution >= 0.6 is 0 Å². The van der Waals surface area contributed by atoms with Gasteiger partial charge in [-0.05, 0) is 73.0 Å². The van der Waals surface area contributed by atoms with Gasteiger partial charge in [-0.25, -0.2) is 0 Å². The van der Waals surface area contributed by atoms with Gasteiger partial charge in [0.05, 0.1) is 7.11 Å². The summed E-state index contributed by atoms with van der Waals surface area (Å²) in [4.78, 5) is 34.4. The SMILES string of the molecule is COc1cc(C)c(/C=C/C(=O)Nc2ccc(C(=O)NCC(=O)O)cc2)c(C)c1. The predicted molar refractivity (Wildman–Crippen MR) is 107 cm³/mol. The first kappa shape index (κ1) is 20.7. The topological polar surface area (TPSA) is 105 Å². The fourth-order valence-corrected chi connectivity index (χ4v) is 2.62. The summed E-state index contributed by atoms with van der Waals surface area (Å²) in [6, 6.07) is 9.97. The molecular formula is C21H22N2O5. The molecule has 0 aliphatic heterocycles. The Balaban J connectivity index is 2.01. The zero-order valence-electron chi connectivity index (χ0n) is 15.9. The Morgan fingerprint density at radius 1 is 1.07 bits per heavy atom. The molecule has 0 aliphatic rings. The van der Waals surface area contributed by atoms with Gasteiger partial charge in [-0.3, -0.25) is 14.4 Å². The molecule has 0 radical (unpaired) electrons. The van der Waals surface area contributed by atoms with E-state index >= 15 is 0 Å². The second kappa shape index (κ2) is 9.36. The van der Waals surface area contributed by atoms with E-state index in [0.717, 1.165) is 22.4 Å². The molecule has 0 aliphatic carbocycles. The highest BCUT2D eigenvalue weighted by atomic mass is 16.5. The maximum Gasteiger partial charge on any atom is 0.322 e. The number of ether oxygens (including phenoxy) is 1. The second-order valence-corrected chi connectivity index (χ2v) is 6.15. The van der Waals surface area contributed by atoms with Gasteiger partial charge in [-0.15, -0.1) is 0 Å². The Morgan fingerprint density at radius 3 is 2.21 bits per heavy atom. The van der Waals surface area contributed by atoms with Crippen LogP contribution in [0.15, 0.2) is 42.5 Å². The van der Waals surface area contributed by atoms with Crippen LogP contribution < -0.4 is 15.4 Å².